The number of aromatic nitrogens is 1. The summed E-state index contributed by atoms with van der Waals surface area (Å²) in [7, 11) is 1.70. The Morgan fingerprint density at radius 2 is 2.17 bits per heavy atom. The minimum atomic E-state index is 0.515. The summed E-state index contributed by atoms with van der Waals surface area (Å²) in [5.41, 5.74) is 8.17. The van der Waals surface area contributed by atoms with Gasteiger partial charge in [0.1, 0.15) is 5.75 Å². The average molecular weight is 262 g/mol. The number of methoxy groups -OCH3 is 1. The molecular formula is C14H18N2OS. The van der Waals surface area contributed by atoms with Crippen LogP contribution in [0.25, 0.3) is 0 Å². The van der Waals surface area contributed by atoms with Crippen LogP contribution in [0.3, 0.4) is 0 Å². The molecule has 0 unspecified atom stereocenters. The van der Waals surface area contributed by atoms with E-state index in [1.807, 2.05) is 12.3 Å². The lowest BCUT2D eigenvalue weighted by Gasteiger charge is -2.12. The molecule has 2 aromatic rings. The molecule has 0 amide bonds. The van der Waals surface area contributed by atoms with Crippen molar-refractivity contribution in [3.63, 3.8) is 0 Å². The van der Waals surface area contributed by atoms with Crippen LogP contribution in [0.5, 0.6) is 5.75 Å². The molecule has 18 heavy (non-hydrogen) atoms. The van der Waals surface area contributed by atoms with E-state index in [2.05, 4.69) is 31.0 Å². The summed E-state index contributed by atoms with van der Waals surface area (Å²) >= 11 is 1.53. The molecule has 0 aliphatic heterocycles. The van der Waals surface area contributed by atoms with Crippen LogP contribution in [0, 0.1) is 0 Å². The quantitative estimate of drug-likeness (QED) is 0.918. The number of nitrogens with zero attached hydrogens (tertiary/aromatic N) is 1. The summed E-state index contributed by atoms with van der Waals surface area (Å²) in [5, 5.41) is 0.615. The Labute approximate surface area is 112 Å². The van der Waals surface area contributed by atoms with E-state index in [1.165, 1.54) is 22.5 Å². The number of anilines is 1. The van der Waals surface area contributed by atoms with Crippen LogP contribution in [-0.2, 0) is 6.42 Å². The van der Waals surface area contributed by atoms with E-state index in [4.69, 9.17) is 10.5 Å². The smallest absolute Gasteiger partial charge is 0.180 e. The van der Waals surface area contributed by atoms with Gasteiger partial charge in [0.2, 0.25) is 0 Å². The van der Waals surface area contributed by atoms with Crippen LogP contribution in [0.4, 0.5) is 5.13 Å². The van der Waals surface area contributed by atoms with E-state index < -0.39 is 0 Å². The zero-order valence-corrected chi connectivity index (χ0v) is 11.8. The van der Waals surface area contributed by atoms with Gasteiger partial charge in [-0.25, -0.2) is 4.98 Å². The van der Waals surface area contributed by atoms with Crippen molar-refractivity contribution in [3.05, 3.63) is 40.4 Å². The number of nitrogens with two attached hydrogens (primary N) is 1. The average Bonchev–Trinajstić information content (AvgIpc) is 2.74. The molecule has 1 aromatic carbocycles. The summed E-state index contributed by atoms with van der Waals surface area (Å²) < 4.78 is 5.41. The number of hydrogen-bond donors (Lipinski definition) is 1. The van der Waals surface area contributed by atoms with Gasteiger partial charge in [0.05, 0.1) is 7.11 Å². The number of rotatable bonds is 4. The van der Waals surface area contributed by atoms with Gasteiger partial charge in [-0.1, -0.05) is 26.0 Å². The molecule has 2 N–H and O–H groups in total. The van der Waals surface area contributed by atoms with Crippen molar-refractivity contribution in [2.75, 3.05) is 12.8 Å². The first-order chi connectivity index (χ1) is 8.60. The van der Waals surface area contributed by atoms with Gasteiger partial charge in [0.25, 0.3) is 0 Å². The number of benzene rings is 1. The Morgan fingerprint density at radius 3 is 2.72 bits per heavy atom. The molecule has 2 rings (SSSR count). The Bertz CT molecular complexity index is 534. The fourth-order valence-electron chi connectivity index (χ4n) is 1.89. The van der Waals surface area contributed by atoms with Gasteiger partial charge in [-0.15, -0.1) is 11.3 Å². The predicted molar refractivity (Wildman–Crippen MR) is 76.4 cm³/mol. The predicted octanol–water partition coefficient (Wildman–Crippen LogP) is 3.45. The maximum atomic E-state index is 5.66. The monoisotopic (exact) mass is 262 g/mol. The summed E-state index contributed by atoms with van der Waals surface area (Å²) in [6, 6.07) is 6.36. The molecule has 0 aliphatic carbocycles. The van der Waals surface area contributed by atoms with Crippen LogP contribution in [0.2, 0.25) is 0 Å². The first-order valence-corrected chi connectivity index (χ1v) is 6.78. The van der Waals surface area contributed by atoms with Gasteiger partial charge in [-0.2, -0.15) is 0 Å². The molecule has 0 saturated heterocycles. The maximum Gasteiger partial charge on any atom is 0.180 e. The SMILES string of the molecule is COc1ccc(C(C)C)cc1Cc1cnc(N)s1. The van der Waals surface area contributed by atoms with Crippen molar-refractivity contribution in [1.29, 1.82) is 0 Å². The molecule has 0 spiro atoms. The van der Waals surface area contributed by atoms with Gasteiger partial charge in [0, 0.05) is 17.5 Å². The van der Waals surface area contributed by atoms with Gasteiger partial charge >= 0.3 is 0 Å². The Kier molecular flexibility index (Phi) is 3.87. The van der Waals surface area contributed by atoms with E-state index in [0.717, 1.165) is 17.0 Å². The third-order valence-electron chi connectivity index (χ3n) is 2.91. The Balaban J connectivity index is 2.32. The summed E-state index contributed by atoms with van der Waals surface area (Å²) in [5.74, 6) is 1.44. The molecule has 1 aromatic heterocycles. The second kappa shape index (κ2) is 5.40. The lowest BCUT2D eigenvalue weighted by Crippen LogP contribution is -1.96. The minimum absolute atomic E-state index is 0.515. The lowest BCUT2D eigenvalue weighted by atomic mass is 9.99. The molecule has 1 heterocycles. The zero-order valence-electron chi connectivity index (χ0n) is 10.9. The molecule has 3 nitrogen and oxygen atoms in total. The van der Waals surface area contributed by atoms with Crippen molar-refractivity contribution >= 4 is 16.5 Å². The fraction of sp³-hybridized carbons (Fsp3) is 0.357. The van der Waals surface area contributed by atoms with Crippen LogP contribution in [0.1, 0.15) is 35.8 Å². The van der Waals surface area contributed by atoms with Crippen molar-refractivity contribution < 1.29 is 4.74 Å². The Morgan fingerprint density at radius 1 is 1.39 bits per heavy atom. The lowest BCUT2D eigenvalue weighted by molar-refractivity contribution is 0.410. The molecule has 0 aliphatic rings. The molecular weight excluding hydrogens is 244 g/mol. The largest absolute Gasteiger partial charge is 0.496 e. The fourth-order valence-corrected chi connectivity index (χ4v) is 2.59. The topological polar surface area (TPSA) is 48.1 Å². The van der Waals surface area contributed by atoms with Gasteiger partial charge in [0.15, 0.2) is 5.13 Å². The molecule has 0 saturated carbocycles. The van der Waals surface area contributed by atoms with Gasteiger partial charge in [-0.05, 0) is 23.1 Å². The van der Waals surface area contributed by atoms with Crippen LogP contribution < -0.4 is 10.5 Å². The van der Waals surface area contributed by atoms with Crippen molar-refractivity contribution in [1.82, 2.24) is 4.98 Å². The summed E-state index contributed by atoms with van der Waals surface area (Å²) in [6.07, 6.45) is 2.65. The highest BCUT2D eigenvalue weighted by atomic mass is 32.1. The molecule has 0 bridgehead atoms. The number of hydrogen-bond acceptors (Lipinski definition) is 4. The maximum absolute atomic E-state index is 5.66. The summed E-state index contributed by atoms with van der Waals surface area (Å²) in [6.45, 7) is 4.38. The third kappa shape index (κ3) is 2.82. The Hall–Kier alpha value is -1.55. The standard InChI is InChI=1S/C14H18N2OS/c1-9(2)10-4-5-13(17-3)11(6-10)7-12-8-16-14(15)18-12/h4-6,8-9H,7H2,1-3H3,(H2,15,16). The van der Waals surface area contributed by atoms with Crippen LogP contribution >= 0.6 is 11.3 Å². The third-order valence-corrected chi connectivity index (χ3v) is 3.73. The molecule has 4 heteroatoms. The first kappa shape index (κ1) is 12.9. The van der Waals surface area contributed by atoms with E-state index in [1.54, 1.807) is 7.11 Å². The highest BCUT2D eigenvalue weighted by Crippen LogP contribution is 2.28. The first-order valence-electron chi connectivity index (χ1n) is 5.97. The van der Waals surface area contributed by atoms with Crippen molar-refractivity contribution in [3.8, 4) is 5.75 Å². The minimum Gasteiger partial charge on any atom is -0.496 e. The molecule has 0 fully saturated rings. The highest BCUT2D eigenvalue weighted by molar-refractivity contribution is 7.15. The van der Waals surface area contributed by atoms with E-state index in [-0.39, 0.29) is 0 Å². The number of nitrogen functional groups attached to an aromatic ring is 1. The number of thiazole rings is 1. The molecule has 0 atom stereocenters. The van der Waals surface area contributed by atoms with Crippen molar-refractivity contribution in [2.45, 2.75) is 26.2 Å². The van der Waals surface area contributed by atoms with E-state index in [0.29, 0.717) is 11.0 Å². The normalized spacial score (nSPS) is 10.9. The number of ether oxygens (including phenoxy) is 1. The van der Waals surface area contributed by atoms with Crippen LogP contribution in [-0.4, -0.2) is 12.1 Å². The highest BCUT2D eigenvalue weighted by Gasteiger charge is 2.09. The second-order valence-electron chi connectivity index (χ2n) is 4.57. The van der Waals surface area contributed by atoms with Gasteiger partial charge in [-0.3, -0.25) is 0 Å². The second-order valence-corrected chi connectivity index (χ2v) is 5.71. The van der Waals surface area contributed by atoms with Crippen LogP contribution in [0.15, 0.2) is 24.4 Å². The van der Waals surface area contributed by atoms with E-state index >= 15 is 0 Å². The van der Waals surface area contributed by atoms with Gasteiger partial charge < -0.3 is 10.5 Å². The van der Waals surface area contributed by atoms with Crippen molar-refractivity contribution in [2.24, 2.45) is 0 Å². The summed E-state index contributed by atoms with van der Waals surface area (Å²) in [4.78, 5) is 5.24. The van der Waals surface area contributed by atoms with E-state index in [9.17, 15) is 0 Å². The molecule has 0 radical (unpaired) electrons. The zero-order chi connectivity index (χ0) is 13.1. The molecule has 96 valence electrons.